The maximum Gasteiger partial charge on any atom is 0.338 e. The van der Waals surface area contributed by atoms with E-state index in [2.05, 4.69) is 0 Å². The number of hydrogen-bond acceptors (Lipinski definition) is 6. The summed E-state index contributed by atoms with van der Waals surface area (Å²) in [4.78, 5) is 26.9. The summed E-state index contributed by atoms with van der Waals surface area (Å²) in [5.41, 5.74) is 4.22. The lowest BCUT2D eigenvalue weighted by Gasteiger charge is -2.17. The first-order valence-electron chi connectivity index (χ1n) is 10.1. The number of aryl methyl sites for hydroxylation is 2. The number of amides is 1. The Bertz CT molecular complexity index is 1240. The van der Waals surface area contributed by atoms with Crippen molar-refractivity contribution in [3.05, 3.63) is 82.0 Å². The molecular formula is C25H21NO4S2. The van der Waals surface area contributed by atoms with Crippen LogP contribution in [0.4, 0.5) is 5.69 Å². The average Bonchev–Trinajstić information content (AvgIpc) is 3.34. The van der Waals surface area contributed by atoms with Crippen LogP contribution in [0.25, 0.3) is 17.4 Å². The van der Waals surface area contributed by atoms with E-state index < -0.39 is 0 Å². The summed E-state index contributed by atoms with van der Waals surface area (Å²) in [6.07, 6.45) is 1.71. The van der Waals surface area contributed by atoms with Crippen LogP contribution >= 0.6 is 24.0 Å². The summed E-state index contributed by atoms with van der Waals surface area (Å²) in [5, 5.41) is 0. The fourth-order valence-corrected chi connectivity index (χ4v) is 4.70. The molecule has 1 aliphatic rings. The van der Waals surface area contributed by atoms with E-state index in [0.717, 1.165) is 22.4 Å². The molecule has 0 atom stereocenters. The summed E-state index contributed by atoms with van der Waals surface area (Å²) in [7, 11) is 0. The maximum atomic E-state index is 13.1. The first-order chi connectivity index (χ1) is 15.4. The number of carbonyl (C=O) groups excluding carboxylic acids is 2. The second-order valence-corrected chi connectivity index (χ2v) is 8.98. The van der Waals surface area contributed by atoms with Crippen LogP contribution in [-0.4, -0.2) is 22.8 Å². The molecule has 0 bridgehead atoms. The molecule has 4 rings (SSSR count). The van der Waals surface area contributed by atoms with Gasteiger partial charge in [0.1, 0.15) is 11.5 Å². The van der Waals surface area contributed by atoms with Crippen molar-refractivity contribution < 1.29 is 18.7 Å². The average molecular weight is 464 g/mol. The van der Waals surface area contributed by atoms with Crippen molar-refractivity contribution in [3.8, 4) is 11.3 Å². The van der Waals surface area contributed by atoms with Crippen molar-refractivity contribution in [1.82, 2.24) is 0 Å². The molecule has 1 saturated heterocycles. The molecule has 0 spiro atoms. The highest BCUT2D eigenvalue weighted by Gasteiger charge is 2.34. The monoisotopic (exact) mass is 463 g/mol. The molecule has 2 heterocycles. The van der Waals surface area contributed by atoms with Crippen molar-refractivity contribution in [2.24, 2.45) is 0 Å². The first-order valence-corrected chi connectivity index (χ1v) is 11.3. The Balaban J connectivity index is 1.55. The number of hydrogen-bond donors (Lipinski definition) is 0. The molecule has 162 valence electrons. The topological polar surface area (TPSA) is 59.8 Å². The molecule has 0 saturated carbocycles. The molecule has 7 heteroatoms. The van der Waals surface area contributed by atoms with E-state index in [9.17, 15) is 9.59 Å². The van der Waals surface area contributed by atoms with E-state index in [1.54, 1.807) is 48.2 Å². The molecule has 5 nitrogen and oxygen atoms in total. The number of benzene rings is 2. The van der Waals surface area contributed by atoms with Gasteiger partial charge in [0, 0.05) is 11.6 Å². The minimum absolute atomic E-state index is 0.163. The molecule has 1 aromatic heterocycles. The van der Waals surface area contributed by atoms with Gasteiger partial charge in [-0.3, -0.25) is 9.69 Å². The van der Waals surface area contributed by atoms with E-state index in [-0.39, 0.29) is 11.9 Å². The van der Waals surface area contributed by atoms with Crippen LogP contribution in [0.5, 0.6) is 0 Å². The van der Waals surface area contributed by atoms with Gasteiger partial charge in [0.05, 0.1) is 22.8 Å². The van der Waals surface area contributed by atoms with Crippen LogP contribution in [0, 0.1) is 13.8 Å². The number of carbonyl (C=O) groups is 2. The van der Waals surface area contributed by atoms with Crippen LogP contribution in [0.1, 0.15) is 34.2 Å². The third-order valence-electron chi connectivity index (χ3n) is 4.97. The SMILES string of the molecule is CCOC(=O)c1ccc(-c2ccc(/C=C3/SC(=S)N(c4ccc(C)cc4C)C3=O)o2)cc1. The zero-order valence-electron chi connectivity index (χ0n) is 17.9. The van der Waals surface area contributed by atoms with Gasteiger partial charge in [-0.25, -0.2) is 4.79 Å². The second-order valence-electron chi connectivity index (χ2n) is 7.31. The molecule has 1 fully saturated rings. The van der Waals surface area contributed by atoms with E-state index in [1.807, 2.05) is 38.1 Å². The molecular weight excluding hydrogens is 442 g/mol. The molecule has 3 aromatic rings. The molecule has 0 N–H and O–H groups in total. The van der Waals surface area contributed by atoms with Crippen LogP contribution in [0.3, 0.4) is 0 Å². The van der Waals surface area contributed by atoms with Crippen LogP contribution in [0.15, 0.2) is 63.9 Å². The van der Waals surface area contributed by atoms with Crippen molar-refractivity contribution in [3.63, 3.8) is 0 Å². The normalized spacial score (nSPS) is 15.0. The van der Waals surface area contributed by atoms with Crippen molar-refractivity contribution in [2.45, 2.75) is 20.8 Å². The number of thioether (sulfide) groups is 1. The Morgan fingerprint density at radius 2 is 1.88 bits per heavy atom. The fourth-order valence-electron chi connectivity index (χ4n) is 3.43. The van der Waals surface area contributed by atoms with Gasteiger partial charge in [0.15, 0.2) is 4.32 Å². The molecule has 2 aromatic carbocycles. The van der Waals surface area contributed by atoms with Gasteiger partial charge in [-0.1, -0.05) is 53.8 Å². The van der Waals surface area contributed by atoms with Gasteiger partial charge in [-0.05, 0) is 56.7 Å². The summed E-state index contributed by atoms with van der Waals surface area (Å²) in [6.45, 7) is 6.08. The fraction of sp³-hybridized carbons (Fsp3) is 0.160. The highest BCUT2D eigenvalue weighted by molar-refractivity contribution is 8.27. The lowest BCUT2D eigenvalue weighted by Crippen LogP contribution is -2.28. The Kier molecular flexibility index (Phi) is 6.30. The largest absolute Gasteiger partial charge is 0.462 e. The summed E-state index contributed by atoms with van der Waals surface area (Å²) < 4.78 is 11.4. The predicted molar refractivity (Wildman–Crippen MR) is 132 cm³/mol. The maximum absolute atomic E-state index is 13.1. The minimum atomic E-state index is -0.356. The third-order valence-corrected chi connectivity index (χ3v) is 6.27. The number of furan rings is 1. The number of ether oxygens (including phenoxy) is 1. The molecule has 0 unspecified atom stereocenters. The lowest BCUT2D eigenvalue weighted by atomic mass is 10.1. The number of anilines is 1. The Morgan fingerprint density at radius 3 is 2.56 bits per heavy atom. The first kappa shape index (κ1) is 22.0. The highest BCUT2D eigenvalue weighted by atomic mass is 32.2. The third kappa shape index (κ3) is 4.40. The Hall–Kier alpha value is -3.16. The standard InChI is InChI=1S/C25H21NO4S2/c1-4-29-24(28)18-8-6-17(7-9-18)21-12-10-19(30-21)14-22-23(27)26(25(31)32-22)20-11-5-15(2)13-16(20)3/h5-14H,4H2,1-3H3/b22-14+. The second kappa shape index (κ2) is 9.14. The van der Waals surface area contributed by atoms with E-state index in [1.165, 1.54) is 11.8 Å². The minimum Gasteiger partial charge on any atom is -0.462 e. The van der Waals surface area contributed by atoms with Crippen LogP contribution in [-0.2, 0) is 9.53 Å². The molecule has 1 amide bonds. The zero-order chi connectivity index (χ0) is 22.8. The molecule has 32 heavy (non-hydrogen) atoms. The van der Waals surface area contributed by atoms with Gasteiger partial charge in [0.25, 0.3) is 5.91 Å². The number of nitrogens with zero attached hydrogens (tertiary/aromatic N) is 1. The van der Waals surface area contributed by atoms with E-state index >= 15 is 0 Å². The Morgan fingerprint density at radius 1 is 1.12 bits per heavy atom. The predicted octanol–water partition coefficient (Wildman–Crippen LogP) is 6.15. The van der Waals surface area contributed by atoms with Crippen LogP contribution in [0.2, 0.25) is 0 Å². The smallest absolute Gasteiger partial charge is 0.338 e. The summed E-state index contributed by atoms with van der Waals surface area (Å²) >= 11 is 6.73. The lowest BCUT2D eigenvalue weighted by molar-refractivity contribution is -0.113. The van der Waals surface area contributed by atoms with Crippen molar-refractivity contribution in [2.75, 3.05) is 11.5 Å². The summed E-state index contributed by atoms with van der Waals surface area (Å²) in [6, 6.07) is 16.6. The van der Waals surface area contributed by atoms with Gasteiger partial charge >= 0.3 is 5.97 Å². The van der Waals surface area contributed by atoms with Gasteiger partial charge in [-0.15, -0.1) is 0 Å². The number of thiocarbonyl (C=S) groups is 1. The highest BCUT2D eigenvalue weighted by Crippen LogP contribution is 2.38. The quantitative estimate of drug-likeness (QED) is 0.257. The van der Waals surface area contributed by atoms with Crippen molar-refractivity contribution in [1.29, 1.82) is 0 Å². The van der Waals surface area contributed by atoms with Crippen molar-refractivity contribution >= 4 is 51.9 Å². The Labute approximate surface area is 196 Å². The zero-order valence-corrected chi connectivity index (χ0v) is 19.5. The van der Waals surface area contributed by atoms with E-state index in [0.29, 0.717) is 32.9 Å². The number of rotatable bonds is 5. The molecule has 1 aliphatic heterocycles. The van der Waals surface area contributed by atoms with Crippen LogP contribution < -0.4 is 4.90 Å². The molecule has 0 aliphatic carbocycles. The summed E-state index contributed by atoms with van der Waals surface area (Å²) in [5.74, 6) is 0.667. The van der Waals surface area contributed by atoms with Gasteiger partial charge in [0.2, 0.25) is 0 Å². The van der Waals surface area contributed by atoms with Gasteiger partial charge < -0.3 is 9.15 Å². The van der Waals surface area contributed by atoms with Gasteiger partial charge in [-0.2, -0.15) is 0 Å². The molecule has 0 radical (unpaired) electrons. The number of esters is 1. The van der Waals surface area contributed by atoms with E-state index in [4.69, 9.17) is 21.4 Å².